The van der Waals surface area contributed by atoms with Crippen molar-refractivity contribution in [2.45, 2.75) is 51.6 Å². The van der Waals surface area contributed by atoms with E-state index < -0.39 is 22.0 Å². The molecule has 1 N–H and O–H groups in total. The molecular weight excluding hydrogens is 374 g/mol. The summed E-state index contributed by atoms with van der Waals surface area (Å²) in [6.45, 7) is 3.63. The van der Waals surface area contributed by atoms with Gasteiger partial charge in [0.2, 0.25) is 10.0 Å². The Labute approximate surface area is 165 Å². The van der Waals surface area contributed by atoms with E-state index in [-0.39, 0.29) is 10.9 Å². The first kappa shape index (κ1) is 18.9. The number of hydrogen-bond donors (Lipinski definition) is 1. The molecule has 2 unspecified atom stereocenters. The highest BCUT2D eigenvalue weighted by Crippen LogP contribution is 2.42. The first-order valence-corrected chi connectivity index (χ1v) is 11.0. The minimum Gasteiger partial charge on any atom is -0.361 e. The van der Waals surface area contributed by atoms with Crippen LogP contribution in [0.1, 0.15) is 42.7 Å². The largest absolute Gasteiger partial charge is 0.361 e. The Balaban J connectivity index is 1.87. The van der Waals surface area contributed by atoms with Crippen LogP contribution in [0.3, 0.4) is 0 Å². The van der Waals surface area contributed by atoms with Crippen LogP contribution in [0.2, 0.25) is 0 Å². The van der Waals surface area contributed by atoms with Crippen LogP contribution >= 0.6 is 0 Å². The van der Waals surface area contributed by atoms with Gasteiger partial charge in [0.1, 0.15) is 5.76 Å². The summed E-state index contributed by atoms with van der Waals surface area (Å²) in [6, 6.07) is -0.465. The Morgan fingerprint density at radius 3 is 2.68 bits per heavy atom. The molecule has 1 aliphatic heterocycles. The normalized spacial score (nSPS) is 25.0. The third-order valence-corrected chi connectivity index (χ3v) is 7.19. The molecule has 3 aliphatic rings. The molecule has 2 atom stereocenters. The van der Waals surface area contributed by atoms with Gasteiger partial charge in [-0.3, -0.25) is 4.99 Å². The summed E-state index contributed by atoms with van der Waals surface area (Å²) in [7, 11) is -3.71. The maximum Gasteiger partial charge on any atom is 0.241 e. The lowest BCUT2D eigenvalue weighted by Gasteiger charge is -2.31. The molecule has 1 fully saturated rings. The molecule has 2 aliphatic carbocycles. The average molecular weight is 398 g/mol. The van der Waals surface area contributed by atoms with Gasteiger partial charge in [0.25, 0.3) is 0 Å². The van der Waals surface area contributed by atoms with Gasteiger partial charge in [-0.1, -0.05) is 30.0 Å². The third kappa shape index (κ3) is 3.17. The second-order valence-electron chi connectivity index (χ2n) is 7.47. The molecule has 0 saturated heterocycles. The summed E-state index contributed by atoms with van der Waals surface area (Å²) in [4.78, 5) is 4.76. The summed E-state index contributed by atoms with van der Waals surface area (Å²) in [5, 5.41) is 4.02. The lowest BCUT2D eigenvalue weighted by atomic mass is 9.79. The predicted octanol–water partition coefficient (Wildman–Crippen LogP) is 3.06. The van der Waals surface area contributed by atoms with Crippen LogP contribution in [0.25, 0.3) is 5.57 Å². The number of aromatic nitrogens is 1. The third-order valence-electron chi connectivity index (χ3n) is 5.62. The smallest absolute Gasteiger partial charge is 0.241 e. The molecule has 0 aromatic carbocycles. The highest BCUT2D eigenvalue weighted by Gasteiger charge is 2.38. The van der Waals surface area contributed by atoms with Crippen LogP contribution in [0, 0.1) is 32.1 Å². The van der Waals surface area contributed by atoms with Crippen LogP contribution in [-0.2, 0) is 10.0 Å². The maximum absolute atomic E-state index is 13.3. The van der Waals surface area contributed by atoms with Crippen molar-refractivity contribution in [1.82, 2.24) is 9.88 Å². The Bertz CT molecular complexity index is 1040. The molecule has 0 bridgehead atoms. The number of aryl methyl sites for hydroxylation is 2. The van der Waals surface area contributed by atoms with Gasteiger partial charge < -0.3 is 4.52 Å². The van der Waals surface area contributed by atoms with Crippen molar-refractivity contribution >= 4 is 21.8 Å². The van der Waals surface area contributed by atoms with Crippen LogP contribution in [0.15, 0.2) is 38.2 Å². The lowest BCUT2D eigenvalue weighted by Crippen LogP contribution is -2.36. The van der Waals surface area contributed by atoms with E-state index in [0.717, 1.165) is 31.2 Å². The quantitative estimate of drug-likeness (QED) is 0.792. The Hall–Kier alpha value is -2.43. The molecule has 1 aromatic heterocycles. The number of terminal acetylenes is 1. The Morgan fingerprint density at radius 2 is 2.04 bits per heavy atom. The highest BCUT2D eigenvalue weighted by atomic mass is 32.2. The van der Waals surface area contributed by atoms with Gasteiger partial charge in [0, 0.05) is 17.8 Å². The van der Waals surface area contributed by atoms with E-state index in [1.165, 1.54) is 0 Å². The SMILES string of the molecule is C#CC1C(c2c(C)noc2C)=CC(S(=O)(=O)NC2CCCC2)=C2C=CC=NC21. The van der Waals surface area contributed by atoms with E-state index in [4.69, 9.17) is 10.9 Å². The van der Waals surface area contributed by atoms with E-state index in [2.05, 4.69) is 20.8 Å². The van der Waals surface area contributed by atoms with E-state index in [9.17, 15) is 8.42 Å². The van der Waals surface area contributed by atoms with E-state index in [1.807, 2.05) is 6.92 Å². The molecule has 2 heterocycles. The van der Waals surface area contributed by atoms with Crippen molar-refractivity contribution in [1.29, 1.82) is 0 Å². The molecule has 0 amide bonds. The fraction of sp³-hybridized carbons (Fsp3) is 0.429. The number of fused-ring (bicyclic) bond motifs is 1. The van der Waals surface area contributed by atoms with Gasteiger partial charge in [-0.15, -0.1) is 6.42 Å². The zero-order chi connectivity index (χ0) is 19.9. The first-order valence-electron chi connectivity index (χ1n) is 9.49. The van der Waals surface area contributed by atoms with E-state index in [1.54, 1.807) is 31.4 Å². The lowest BCUT2D eigenvalue weighted by molar-refractivity contribution is 0.393. The van der Waals surface area contributed by atoms with Crippen molar-refractivity contribution in [2.75, 3.05) is 0 Å². The average Bonchev–Trinajstić information content (AvgIpc) is 3.29. The number of nitrogens with zero attached hydrogens (tertiary/aromatic N) is 2. The number of aliphatic imine (C=N–C) groups is 1. The molecule has 0 spiro atoms. The second kappa shape index (κ2) is 7.19. The molecule has 6 nitrogen and oxygen atoms in total. The van der Waals surface area contributed by atoms with Crippen LogP contribution < -0.4 is 4.72 Å². The number of dihydropyridines is 1. The summed E-state index contributed by atoms with van der Waals surface area (Å²) < 4.78 is 34.8. The van der Waals surface area contributed by atoms with Gasteiger partial charge in [-0.2, -0.15) is 0 Å². The minimum absolute atomic E-state index is 0.0195. The van der Waals surface area contributed by atoms with Crippen molar-refractivity contribution in [2.24, 2.45) is 10.9 Å². The zero-order valence-electron chi connectivity index (χ0n) is 16.0. The van der Waals surface area contributed by atoms with Crippen molar-refractivity contribution in [3.63, 3.8) is 0 Å². The highest BCUT2D eigenvalue weighted by molar-refractivity contribution is 7.93. The topological polar surface area (TPSA) is 84.6 Å². The monoisotopic (exact) mass is 397 g/mol. The van der Waals surface area contributed by atoms with Crippen LogP contribution in [-0.4, -0.2) is 31.9 Å². The van der Waals surface area contributed by atoms with Gasteiger partial charge in [0.15, 0.2) is 0 Å². The van der Waals surface area contributed by atoms with E-state index >= 15 is 0 Å². The Morgan fingerprint density at radius 1 is 1.29 bits per heavy atom. The van der Waals surface area contributed by atoms with Crippen molar-refractivity contribution in [3.8, 4) is 12.3 Å². The van der Waals surface area contributed by atoms with Gasteiger partial charge >= 0.3 is 0 Å². The Kier molecular flexibility index (Phi) is 4.86. The molecule has 146 valence electrons. The van der Waals surface area contributed by atoms with Crippen LogP contribution in [0.4, 0.5) is 0 Å². The maximum atomic E-state index is 13.3. The van der Waals surface area contributed by atoms with Crippen molar-refractivity contribution in [3.05, 3.63) is 45.7 Å². The van der Waals surface area contributed by atoms with Gasteiger partial charge in [-0.05, 0) is 50.0 Å². The molecule has 7 heteroatoms. The summed E-state index contributed by atoms with van der Waals surface area (Å²) in [6.07, 6.45) is 16.6. The number of nitrogens with one attached hydrogen (secondary N) is 1. The minimum atomic E-state index is -3.71. The molecule has 4 rings (SSSR count). The van der Waals surface area contributed by atoms with E-state index in [0.29, 0.717) is 22.6 Å². The fourth-order valence-electron chi connectivity index (χ4n) is 4.31. The summed E-state index contributed by atoms with van der Waals surface area (Å²) in [5.74, 6) is 3.03. The summed E-state index contributed by atoms with van der Waals surface area (Å²) in [5.41, 5.74) is 2.79. The van der Waals surface area contributed by atoms with Gasteiger partial charge in [-0.25, -0.2) is 13.1 Å². The molecular formula is C21H23N3O3S. The molecule has 0 radical (unpaired) electrons. The fourth-order valence-corrected chi connectivity index (χ4v) is 5.89. The zero-order valence-corrected chi connectivity index (χ0v) is 16.8. The second-order valence-corrected chi connectivity index (χ2v) is 9.15. The first-order chi connectivity index (χ1) is 13.4. The van der Waals surface area contributed by atoms with Crippen molar-refractivity contribution < 1.29 is 12.9 Å². The molecule has 28 heavy (non-hydrogen) atoms. The number of hydrogen-bond acceptors (Lipinski definition) is 5. The molecule has 1 aromatic rings. The predicted molar refractivity (Wildman–Crippen MR) is 109 cm³/mol. The summed E-state index contributed by atoms with van der Waals surface area (Å²) >= 11 is 0. The number of allylic oxidation sites excluding steroid dienone is 2. The number of sulfonamides is 1. The standard InChI is InChI=1S/C21H23N3O3S/c1-4-16-18(20-13(2)23-27-14(20)3)12-19(17-10-7-11-22-21(16)17)28(25,26)24-15-8-5-6-9-15/h1,7,10-12,15-16,21,24H,5-6,8-9H2,2-3H3. The number of rotatable bonds is 4. The van der Waals surface area contributed by atoms with Crippen LogP contribution in [0.5, 0.6) is 0 Å². The molecule has 1 saturated carbocycles. The van der Waals surface area contributed by atoms with Gasteiger partial charge in [0.05, 0.1) is 22.6 Å².